The molecule has 0 amide bonds. The van der Waals surface area contributed by atoms with Crippen LogP contribution in [0.4, 0.5) is 0 Å². The molecule has 5 heteroatoms. The van der Waals surface area contributed by atoms with Crippen LogP contribution in [0, 0.1) is 5.92 Å². The van der Waals surface area contributed by atoms with Crippen LogP contribution in [0.5, 0.6) is 0 Å². The number of carboxylic acids is 1. The average molecular weight is 290 g/mol. The van der Waals surface area contributed by atoms with Crippen molar-refractivity contribution in [2.75, 3.05) is 13.1 Å². The summed E-state index contributed by atoms with van der Waals surface area (Å²) in [6.45, 7) is 2.46. The van der Waals surface area contributed by atoms with Gasteiger partial charge in [0.2, 0.25) is 0 Å². The van der Waals surface area contributed by atoms with E-state index in [-0.39, 0.29) is 5.92 Å². The molecular weight excluding hydrogens is 278 g/mol. The Balaban J connectivity index is 1.90. The second-order valence-electron chi connectivity index (χ2n) is 3.76. The normalized spacial score (nSPS) is 22.1. The van der Waals surface area contributed by atoms with Crippen LogP contribution in [0.15, 0.2) is 15.9 Å². The van der Waals surface area contributed by atoms with Gasteiger partial charge in [-0.05, 0) is 41.0 Å². The standard InChI is InChI=1S/C10H12BrNO2S/c11-9-2-1-8(15-9)6-12-4-3-7(5-12)10(13)14/h1-2,7H,3-6H2,(H,13,14)/t7-/m1/s1. The zero-order valence-electron chi connectivity index (χ0n) is 8.15. The largest absolute Gasteiger partial charge is 0.481 e. The van der Waals surface area contributed by atoms with Gasteiger partial charge < -0.3 is 5.11 Å². The molecule has 1 aromatic rings. The summed E-state index contributed by atoms with van der Waals surface area (Å²) in [5.74, 6) is -0.835. The number of thiophene rings is 1. The second-order valence-corrected chi connectivity index (χ2v) is 6.31. The lowest BCUT2D eigenvalue weighted by Gasteiger charge is -2.13. The molecule has 0 aliphatic carbocycles. The molecule has 3 nitrogen and oxygen atoms in total. The molecule has 0 bridgehead atoms. The van der Waals surface area contributed by atoms with E-state index in [1.54, 1.807) is 11.3 Å². The third-order valence-corrected chi connectivity index (χ3v) is 4.24. The Kier molecular flexibility index (Phi) is 3.43. The molecule has 0 saturated carbocycles. The predicted octanol–water partition coefficient (Wildman–Crippen LogP) is 2.42. The fourth-order valence-electron chi connectivity index (χ4n) is 1.83. The molecule has 1 atom stereocenters. The van der Waals surface area contributed by atoms with E-state index in [4.69, 9.17) is 5.11 Å². The minimum Gasteiger partial charge on any atom is -0.481 e. The SMILES string of the molecule is O=C(O)[C@@H]1CCN(Cc2ccc(Br)s2)C1. The van der Waals surface area contributed by atoms with Gasteiger partial charge in [-0.1, -0.05) is 0 Å². The molecule has 1 aromatic heterocycles. The van der Waals surface area contributed by atoms with E-state index < -0.39 is 5.97 Å². The van der Waals surface area contributed by atoms with Gasteiger partial charge in [0, 0.05) is 18.0 Å². The van der Waals surface area contributed by atoms with Crippen LogP contribution in [0.25, 0.3) is 0 Å². The maximum atomic E-state index is 10.8. The third-order valence-electron chi connectivity index (χ3n) is 2.63. The van der Waals surface area contributed by atoms with Gasteiger partial charge in [-0.2, -0.15) is 0 Å². The van der Waals surface area contributed by atoms with Gasteiger partial charge in [-0.15, -0.1) is 11.3 Å². The van der Waals surface area contributed by atoms with Crippen LogP contribution < -0.4 is 0 Å². The highest BCUT2D eigenvalue weighted by molar-refractivity contribution is 9.11. The molecule has 1 saturated heterocycles. The molecule has 0 unspecified atom stereocenters. The van der Waals surface area contributed by atoms with E-state index in [1.165, 1.54) is 4.88 Å². The lowest BCUT2D eigenvalue weighted by atomic mass is 10.1. The molecule has 2 heterocycles. The maximum absolute atomic E-state index is 10.8. The topological polar surface area (TPSA) is 40.5 Å². The highest BCUT2D eigenvalue weighted by Gasteiger charge is 2.27. The van der Waals surface area contributed by atoms with Crippen LogP contribution in [0.1, 0.15) is 11.3 Å². The van der Waals surface area contributed by atoms with Gasteiger partial charge >= 0.3 is 5.97 Å². The molecule has 0 spiro atoms. The summed E-state index contributed by atoms with van der Waals surface area (Å²) < 4.78 is 1.13. The zero-order chi connectivity index (χ0) is 10.8. The Morgan fingerprint density at radius 2 is 2.47 bits per heavy atom. The Morgan fingerprint density at radius 1 is 1.67 bits per heavy atom. The van der Waals surface area contributed by atoms with Crippen molar-refractivity contribution in [3.63, 3.8) is 0 Å². The van der Waals surface area contributed by atoms with E-state index in [9.17, 15) is 4.79 Å². The minimum atomic E-state index is -0.662. The quantitative estimate of drug-likeness (QED) is 0.929. The van der Waals surface area contributed by atoms with Crippen LogP contribution in [-0.4, -0.2) is 29.1 Å². The van der Waals surface area contributed by atoms with E-state index in [0.717, 1.165) is 23.3 Å². The minimum absolute atomic E-state index is 0.173. The Bertz CT molecular complexity index is 366. The number of likely N-dealkylation sites (tertiary alicyclic amines) is 1. The predicted molar refractivity (Wildman–Crippen MR) is 63.0 cm³/mol. The van der Waals surface area contributed by atoms with Gasteiger partial charge in [0.1, 0.15) is 0 Å². The summed E-state index contributed by atoms with van der Waals surface area (Å²) in [6.07, 6.45) is 0.780. The number of aliphatic carboxylic acids is 1. The van der Waals surface area contributed by atoms with Crippen LogP contribution in [-0.2, 0) is 11.3 Å². The van der Waals surface area contributed by atoms with Crippen molar-refractivity contribution in [3.8, 4) is 0 Å². The van der Waals surface area contributed by atoms with Crippen molar-refractivity contribution in [1.82, 2.24) is 4.90 Å². The van der Waals surface area contributed by atoms with Gasteiger partial charge in [0.25, 0.3) is 0 Å². The Morgan fingerprint density at radius 3 is 3.00 bits per heavy atom. The monoisotopic (exact) mass is 289 g/mol. The highest BCUT2D eigenvalue weighted by Crippen LogP contribution is 2.25. The first-order valence-corrected chi connectivity index (χ1v) is 6.45. The highest BCUT2D eigenvalue weighted by atomic mass is 79.9. The number of hydrogen-bond donors (Lipinski definition) is 1. The number of carbonyl (C=O) groups is 1. The zero-order valence-corrected chi connectivity index (χ0v) is 10.6. The molecule has 0 aromatic carbocycles. The van der Waals surface area contributed by atoms with Gasteiger partial charge in [0.15, 0.2) is 0 Å². The molecule has 1 N–H and O–H groups in total. The maximum Gasteiger partial charge on any atom is 0.307 e. The lowest BCUT2D eigenvalue weighted by Crippen LogP contribution is -2.22. The van der Waals surface area contributed by atoms with Crippen molar-refractivity contribution < 1.29 is 9.90 Å². The lowest BCUT2D eigenvalue weighted by molar-refractivity contribution is -0.141. The van der Waals surface area contributed by atoms with Crippen LogP contribution in [0.2, 0.25) is 0 Å². The summed E-state index contributed by atoms with van der Waals surface area (Å²) in [5, 5.41) is 8.87. The number of hydrogen-bond acceptors (Lipinski definition) is 3. The van der Waals surface area contributed by atoms with E-state index in [0.29, 0.717) is 6.54 Å². The van der Waals surface area contributed by atoms with Gasteiger partial charge in [-0.3, -0.25) is 9.69 Å². The first-order chi connectivity index (χ1) is 7.15. The third kappa shape index (κ3) is 2.80. The van der Waals surface area contributed by atoms with Crippen molar-refractivity contribution in [3.05, 3.63) is 20.8 Å². The Labute approximate surface area is 101 Å². The van der Waals surface area contributed by atoms with Gasteiger partial charge in [0.05, 0.1) is 9.70 Å². The fraction of sp³-hybridized carbons (Fsp3) is 0.500. The first-order valence-electron chi connectivity index (χ1n) is 4.84. The second kappa shape index (κ2) is 4.63. The van der Waals surface area contributed by atoms with Crippen molar-refractivity contribution in [2.24, 2.45) is 5.92 Å². The van der Waals surface area contributed by atoms with Crippen molar-refractivity contribution in [2.45, 2.75) is 13.0 Å². The number of rotatable bonds is 3. The molecule has 1 aliphatic rings. The van der Waals surface area contributed by atoms with Crippen LogP contribution in [0.3, 0.4) is 0 Å². The molecule has 82 valence electrons. The smallest absolute Gasteiger partial charge is 0.307 e. The molecular formula is C10H12BrNO2S. The average Bonchev–Trinajstić information content (AvgIpc) is 2.76. The first kappa shape index (κ1) is 11.1. The Hall–Kier alpha value is -0.390. The molecule has 15 heavy (non-hydrogen) atoms. The van der Waals surface area contributed by atoms with Crippen LogP contribution >= 0.6 is 27.3 Å². The summed E-state index contributed by atoms with van der Waals surface area (Å²) in [7, 11) is 0. The summed E-state index contributed by atoms with van der Waals surface area (Å²) >= 11 is 5.13. The summed E-state index contributed by atoms with van der Waals surface area (Å²) in [6, 6.07) is 4.12. The molecule has 1 fully saturated rings. The summed E-state index contributed by atoms with van der Waals surface area (Å²) in [4.78, 5) is 14.3. The number of halogens is 1. The van der Waals surface area contributed by atoms with Gasteiger partial charge in [-0.25, -0.2) is 0 Å². The van der Waals surface area contributed by atoms with Crippen molar-refractivity contribution in [1.29, 1.82) is 0 Å². The molecule has 0 radical (unpaired) electrons. The summed E-state index contributed by atoms with van der Waals surface area (Å²) in [5.41, 5.74) is 0. The number of nitrogens with zero attached hydrogens (tertiary/aromatic N) is 1. The molecule has 2 rings (SSSR count). The number of carboxylic acid groups (broad SMARTS) is 1. The van der Waals surface area contributed by atoms with E-state index in [1.807, 2.05) is 6.07 Å². The van der Waals surface area contributed by atoms with Crippen molar-refractivity contribution >= 4 is 33.2 Å². The van der Waals surface area contributed by atoms with E-state index >= 15 is 0 Å². The van der Waals surface area contributed by atoms with E-state index in [2.05, 4.69) is 26.9 Å². The fourth-order valence-corrected chi connectivity index (χ4v) is 3.36. The molecule has 1 aliphatic heterocycles.